The number of hydrogen-bond acceptors (Lipinski definition) is 3. The number of rotatable bonds is 6. The molecule has 3 unspecified atom stereocenters. The maximum atomic E-state index is 10.7. The van der Waals surface area contributed by atoms with E-state index in [1.54, 1.807) is 6.20 Å². The number of aromatic nitrogens is 2. The monoisotopic (exact) mass is 299 g/mol. The van der Waals surface area contributed by atoms with Gasteiger partial charge in [-0.25, -0.2) is 0 Å². The maximum Gasteiger partial charge on any atom is 0.0999 e. The SMILES string of the molecule is CCC1CCC(C(O)c2c(Cl)cnn2CCN(C)C)C1. The highest BCUT2D eigenvalue weighted by molar-refractivity contribution is 6.31. The molecule has 0 aliphatic heterocycles. The molecule has 4 nitrogen and oxygen atoms in total. The van der Waals surface area contributed by atoms with Crippen LogP contribution in [0.4, 0.5) is 0 Å². The van der Waals surface area contributed by atoms with E-state index < -0.39 is 6.10 Å². The van der Waals surface area contributed by atoms with E-state index in [1.807, 2.05) is 18.8 Å². The van der Waals surface area contributed by atoms with E-state index in [2.05, 4.69) is 16.9 Å². The van der Waals surface area contributed by atoms with Gasteiger partial charge in [-0.05, 0) is 38.8 Å². The molecule has 5 heteroatoms. The molecule has 0 bridgehead atoms. The van der Waals surface area contributed by atoms with Crippen LogP contribution >= 0.6 is 11.6 Å². The Morgan fingerprint density at radius 3 is 2.85 bits per heavy atom. The second-order valence-corrected chi connectivity index (χ2v) is 6.60. The van der Waals surface area contributed by atoms with Gasteiger partial charge in [-0.3, -0.25) is 4.68 Å². The third kappa shape index (κ3) is 3.54. The van der Waals surface area contributed by atoms with Gasteiger partial charge < -0.3 is 10.0 Å². The van der Waals surface area contributed by atoms with Gasteiger partial charge in [0.05, 0.1) is 29.6 Å². The van der Waals surface area contributed by atoms with E-state index in [9.17, 15) is 5.11 Å². The van der Waals surface area contributed by atoms with Crippen molar-refractivity contribution in [3.05, 3.63) is 16.9 Å². The second kappa shape index (κ2) is 6.92. The molecule has 0 spiro atoms. The van der Waals surface area contributed by atoms with Crippen LogP contribution in [0.2, 0.25) is 5.02 Å². The van der Waals surface area contributed by atoms with Crippen molar-refractivity contribution in [1.82, 2.24) is 14.7 Å². The van der Waals surface area contributed by atoms with Gasteiger partial charge in [-0.15, -0.1) is 0 Å². The van der Waals surface area contributed by atoms with Crippen LogP contribution in [0.25, 0.3) is 0 Å². The van der Waals surface area contributed by atoms with E-state index in [0.717, 1.165) is 37.5 Å². The highest BCUT2D eigenvalue weighted by Crippen LogP contribution is 2.41. The Kier molecular flexibility index (Phi) is 5.47. The Balaban J connectivity index is 2.09. The van der Waals surface area contributed by atoms with Crippen molar-refractivity contribution in [3.8, 4) is 0 Å². The normalized spacial score (nSPS) is 24.5. The molecule has 0 aromatic carbocycles. The summed E-state index contributed by atoms with van der Waals surface area (Å²) in [5, 5.41) is 15.6. The number of likely N-dealkylation sites (N-methyl/N-ethyl adjacent to an activating group) is 1. The molecule has 1 aliphatic rings. The summed E-state index contributed by atoms with van der Waals surface area (Å²) >= 11 is 6.25. The van der Waals surface area contributed by atoms with E-state index >= 15 is 0 Å². The molecule has 0 saturated heterocycles. The van der Waals surface area contributed by atoms with E-state index in [4.69, 9.17) is 11.6 Å². The van der Waals surface area contributed by atoms with Gasteiger partial charge in [0.2, 0.25) is 0 Å². The molecule has 3 atom stereocenters. The van der Waals surface area contributed by atoms with Crippen molar-refractivity contribution in [2.24, 2.45) is 11.8 Å². The predicted octanol–water partition coefficient (Wildman–Crippen LogP) is 2.96. The van der Waals surface area contributed by atoms with Gasteiger partial charge >= 0.3 is 0 Å². The highest BCUT2D eigenvalue weighted by atomic mass is 35.5. The van der Waals surface area contributed by atoms with Crippen LogP contribution in [0.3, 0.4) is 0 Å². The first kappa shape index (κ1) is 15.8. The molecule has 1 aromatic rings. The largest absolute Gasteiger partial charge is 0.386 e. The molecule has 114 valence electrons. The van der Waals surface area contributed by atoms with Crippen LogP contribution in [0.15, 0.2) is 6.20 Å². The number of nitrogens with zero attached hydrogens (tertiary/aromatic N) is 3. The Morgan fingerprint density at radius 2 is 2.25 bits per heavy atom. The minimum Gasteiger partial charge on any atom is -0.386 e. The fourth-order valence-corrected chi connectivity index (χ4v) is 3.39. The van der Waals surface area contributed by atoms with Crippen molar-refractivity contribution in [1.29, 1.82) is 0 Å². The van der Waals surface area contributed by atoms with Crippen LogP contribution < -0.4 is 0 Å². The van der Waals surface area contributed by atoms with Gasteiger partial charge in [0.25, 0.3) is 0 Å². The van der Waals surface area contributed by atoms with E-state index in [0.29, 0.717) is 10.9 Å². The number of aliphatic hydroxyl groups is 1. The quantitative estimate of drug-likeness (QED) is 0.878. The Hall–Kier alpha value is -0.580. The summed E-state index contributed by atoms with van der Waals surface area (Å²) in [5.41, 5.74) is 0.801. The zero-order chi connectivity index (χ0) is 14.7. The lowest BCUT2D eigenvalue weighted by molar-refractivity contribution is 0.0990. The molecule has 1 N–H and O–H groups in total. The van der Waals surface area contributed by atoms with Crippen molar-refractivity contribution >= 4 is 11.6 Å². The molecule has 1 aromatic heterocycles. The van der Waals surface area contributed by atoms with Crippen molar-refractivity contribution in [2.75, 3.05) is 20.6 Å². The van der Waals surface area contributed by atoms with Crippen molar-refractivity contribution in [2.45, 2.75) is 45.3 Å². The third-order valence-corrected chi connectivity index (χ3v) is 4.77. The lowest BCUT2D eigenvalue weighted by Gasteiger charge is -2.21. The third-order valence-electron chi connectivity index (χ3n) is 4.48. The summed E-state index contributed by atoms with van der Waals surface area (Å²) in [7, 11) is 4.06. The zero-order valence-electron chi connectivity index (χ0n) is 12.7. The smallest absolute Gasteiger partial charge is 0.0999 e. The van der Waals surface area contributed by atoms with Gasteiger partial charge in [0.15, 0.2) is 0 Å². The number of hydrogen-bond donors (Lipinski definition) is 1. The fraction of sp³-hybridized carbons (Fsp3) is 0.800. The minimum atomic E-state index is -0.483. The molecular weight excluding hydrogens is 274 g/mol. The number of aliphatic hydroxyl groups excluding tert-OH is 1. The Labute approximate surface area is 126 Å². The summed E-state index contributed by atoms with van der Waals surface area (Å²) in [6, 6.07) is 0. The minimum absolute atomic E-state index is 0.326. The molecule has 0 radical (unpaired) electrons. The Morgan fingerprint density at radius 1 is 1.50 bits per heavy atom. The van der Waals surface area contributed by atoms with Crippen LogP contribution in [-0.2, 0) is 6.54 Å². The van der Waals surface area contributed by atoms with Crippen molar-refractivity contribution < 1.29 is 5.11 Å². The van der Waals surface area contributed by atoms with E-state index in [1.165, 1.54) is 12.8 Å². The zero-order valence-corrected chi connectivity index (χ0v) is 13.5. The lowest BCUT2D eigenvalue weighted by Crippen LogP contribution is -2.22. The van der Waals surface area contributed by atoms with Crippen LogP contribution in [0.1, 0.15) is 44.4 Å². The molecule has 1 heterocycles. The summed E-state index contributed by atoms with van der Waals surface area (Å²) in [4.78, 5) is 2.11. The summed E-state index contributed by atoms with van der Waals surface area (Å²) in [6.45, 7) is 3.88. The van der Waals surface area contributed by atoms with Crippen molar-refractivity contribution in [3.63, 3.8) is 0 Å². The lowest BCUT2D eigenvalue weighted by atomic mass is 9.96. The molecule has 1 saturated carbocycles. The molecular formula is C15H26ClN3O. The highest BCUT2D eigenvalue weighted by Gasteiger charge is 2.32. The fourth-order valence-electron chi connectivity index (χ4n) is 3.13. The standard InChI is InChI=1S/C15H26ClN3O/c1-4-11-5-6-12(9-11)15(20)14-13(16)10-17-19(14)8-7-18(2)3/h10-12,15,20H,4-9H2,1-3H3. The predicted molar refractivity (Wildman–Crippen MR) is 81.9 cm³/mol. The number of halogens is 1. The van der Waals surface area contributed by atoms with Crippen LogP contribution in [0, 0.1) is 11.8 Å². The first-order chi connectivity index (χ1) is 9.52. The van der Waals surface area contributed by atoms with Gasteiger partial charge in [-0.2, -0.15) is 5.10 Å². The molecule has 1 fully saturated rings. The Bertz CT molecular complexity index is 433. The van der Waals surface area contributed by atoms with Gasteiger partial charge in [0, 0.05) is 6.54 Å². The molecule has 2 rings (SSSR count). The average Bonchev–Trinajstić information content (AvgIpc) is 3.02. The summed E-state index contributed by atoms with van der Waals surface area (Å²) in [5.74, 6) is 1.08. The maximum absolute atomic E-state index is 10.7. The average molecular weight is 300 g/mol. The molecule has 0 amide bonds. The molecule has 1 aliphatic carbocycles. The van der Waals surface area contributed by atoms with Gasteiger partial charge in [0.1, 0.15) is 0 Å². The van der Waals surface area contributed by atoms with Crippen LogP contribution in [0.5, 0.6) is 0 Å². The second-order valence-electron chi connectivity index (χ2n) is 6.20. The first-order valence-electron chi connectivity index (χ1n) is 7.56. The van der Waals surface area contributed by atoms with Gasteiger partial charge in [-0.1, -0.05) is 31.4 Å². The first-order valence-corrected chi connectivity index (χ1v) is 7.94. The molecule has 20 heavy (non-hydrogen) atoms. The topological polar surface area (TPSA) is 41.3 Å². The van der Waals surface area contributed by atoms with Crippen LogP contribution in [-0.4, -0.2) is 40.4 Å². The summed E-state index contributed by atoms with van der Waals surface area (Å²) in [6.07, 6.45) is 5.80. The van der Waals surface area contributed by atoms with E-state index in [-0.39, 0.29) is 0 Å². The summed E-state index contributed by atoms with van der Waals surface area (Å²) < 4.78 is 1.87.